The zero-order valence-electron chi connectivity index (χ0n) is 18.5. The quantitative estimate of drug-likeness (QED) is 0.495. The summed E-state index contributed by atoms with van der Waals surface area (Å²) in [6.45, 7) is 9.97. The van der Waals surface area contributed by atoms with Gasteiger partial charge in [0.2, 0.25) is 0 Å². The molecule has 1 aromatic carbocycles. The van der Waals surface area contributed by atoms with E-state index in [1.54, 1.807) is 0 Å². The average molecular weight is 466 g/mol. The van der Waals surface area contributed by atoms with Crippen LogP contribution in [0.25, 0.3) is 0 Å². The van der Waals surface area contributed by atoms with E-state index in [1.165, 1.54) is 5.56 Å². The van der Waals surface area contributed by atoms with E-state index in [1.807, 2.05) is 32.0 Å². The number of rotatable bonds is 10. The van der Waals surface area contributed by atoms with Crippen LogP contribution in [0.5, 0.6) is 0 Å². The Hall–Kier alpha value is -0.359. The molecule has 0 saturated heterocycles. The topological polar surface area (TPSA) is 80.3 Å². The third kappa shape index (κ3) is 20.4. The van der Waals surface area contributed by atoms with Gasteiger partial charge in [0.25, 0.3) is 0 Å². The maximum absolute atomic E-state index is 10.3. The summed E-state index contributed by atoms with van der Waals surface area (Å²) < 4.78 is 0. The van der Waals surface area contributed by atoms with Crippen LogP contribution in [0.15, 0.2) is 30.3 Å². The predicted molar refractivity (Wildman–Crippen MR) is 114 cm³/mol. The molecule has 1 rings (SSSR count). The summed E-state index contributed by atoms with van der Waals surface area (Å²) in [6, 6.07) is 10.3. The first-order valence-corrected chi connectivity index (χ1v) is 10.3. The Bertz CT molecular complexity index is 451. The number of unbranched alkanes of at least 4 members (excludes halogenated alkanes) is 2. The Morgan fingerprint density at radius 3 is 1.32 bits per heavy atom. The van der Waals surface area contributed by atoms with Crippen LogP contribution in [-0.2, 0) is 9.59 Å². The van der Waals surface area contributed by atoms with E-state index in [-0.39, 0.29) is 57.3 Å². The van der Waals surface area contributed by atoms with Crippen molar-refractivity contribution in [3.05, 3.63) is 35.9 Å². The van der Waals surface area contributed by atoms with Crippen molar-refractivity contribution in [2.24, 2.45) is 11.8 Å². The molecule has 4 nitrogen and oxygen atoms in total. The van der Waals surface area contributed by atoms with Crippen LogP contribution >= 0.6 is 0 Å². The van der Waals surface area contributed by atoms with Gasteiger partial charge in [0.1, 0.15) is 0 Å². The van der Waals surface area contributed by atoms with Gasteiger partial charge in [0, 0.05) is 11.9 Å². The molecule has 0 N–H and O–H groups in total. The molecule has 0 heterocycles. The number of carboxylic acids is 2. The summed E-state index contributed by atoms with van der Waals surface area (Å²) in [4.78, 5) is 20.7. The van der Waals surface area contributed by atoms with Crippen molar-refractivity contribution in [3.8, 4) is 0 Å². The molecule has 0 spiro atoms. The standard InChI is InChI=1S/2C8H16O2.C7H8.Sr/c2*1-3-5-6-7(4-2)8(9)10;1-7-5-3-2-4-6-7;/h2*7H,3-6H2,1-2H3,(H,9,10);2-6H,1H3;/q;;;+2/p-2. The van der Waals surface area contributed by atoms with Gasteiger partial charge >= 0.3 is 45.5 Å². The minimum Gasteiger partial charge on any atom is -0.550 e. The minimum absolute atomic E-state index is 0. The van der Waals surface area contributed by atoms with Crippen LogP contribution in [0, 0.1) is 18.8 Å². The summed E-state index contributed by atoms with van der Waals surface area (Å²) >= 11 is 0. The number of carbonyl (C=O) groups excluding carboxylic acids is 2. The number of hydrogen-bond acceptors (Lipinski definition) is 4. The average Bonchev–Trinajstić information content (AvgIpc) is 2.64. The van der Waals surface area contributed by atoms with Gasteiger partial charge in [-0.1, -0.05) is 89.3 Å². The molecule has 0 radical (unpaired) electrons. The van der Waals surface area contributed by atoms with Crippen LogP contribution in [-0.4, -0.2) is 57.4 Å². The smallest absolute Gasteiger partial charge is 0.550 e. The van der Waals surface area contributed by atoms with Gasteiger partial charge in [-0.05, 0) is 44.4 Å². The van der Waals surface area contributed by atoms with Crippen molar-refractivity contribution in [1.82, 2.24) is 0 Å². The molecular weight excluding hydrogens is 428 g/mol. The van der Waals surface area contributed by atoms with Gasteiger partial charge in [-0.25, -0.2) is 0 Å². The largest absolute Gasteiger partial charge is 2.00 e. The number of benzene rings is 1. The third-order valence-electron chi connectivity index (χ3n) is 4.40. The number of carbonyl (C=O) groups is 2. The number of carboxylic acid groups (broad SMARTS) is 2. The molecule has 0 saturated carbocycles. The predicted octanol–water partition coefficient (Wildman–Crippen LogP) is 3.52. The van der Waals surface area contributed by atoms with Crippen molar-refractivity contribution in [3.63, 3.8) is 0 Å². The molecule has 5 heteroatoms. The molecule has 156 valence electrons. The van der Waals surface area contributed by atoms with E-state index >= 15 is 0 Å². The zero-order valence-corrected chi connectivity index (χ0v) is 22.0. The van der Waals surface area contributed by atoms with Crippen molar-refractivity contribution in [1.29, 1.82) is 0 Å². The first-order chi connectivity index (χ1) is 12.8. The van der Waals surface area contributed by atoms with Crippen molar-refractivity contribution in [2.75, 3.05) is 0 Å². The summed E-state index contributed by atoms with van der Waals surface area (Å²) in [5.74, 6) is -2.23. The maximum atomic E-state index is 10.3. The van der Waals surface area contributed by atoms with Gasteiger partial charge in [0.15, 0.2) is 0 Å². The fourth-order valence-electron chi connectivity index (χ4n) is 2.41. The molecular formula is C23H38O4Sr. The van der Waals surface area contributed by atoms with Gasteiger partial charge < -0.3 is 19.8 Å². The second-order valence-electron chi connectivity index (χ2n) is 6.79. The summed E-state index contributed by atoms with van der Waals surface area (Å²) in [6.07, 6.45) is 7.04. The molecule has 0 aromatic heterocycles. The van der Waals surface area contributed by atoms with Gasteiger partial charge in [-0.15, -0.1) is 0 Å². The fraction of sp³-hybridized carbons (Fsp3) is 0.652. The van der Waals surface area contributed by atoms with E-state index in [0.717, 1.165) is 38.5 Å². The van der Waals surface area contributed by atoms with Crippen LogP contribution in [0.3, 0.4) is 0 Å². The summed E-state index contributed by atoms with van der Waals surface area (Å²) in [7, 11) is 0. The van der Waals surface area contributed by atoms with Crippen LogP contribution in [0.2, 0.25) is 0 Å². The molecule has 1 aromatic rings. The van der Waals surface area contributed by atoms with E-state index in [4.69, 9.17) is 0 Å². The summed E-state index contributed by atoms with van der Waals surface area (Å²) in [5, 5.41) is 20.7. The molecule has 0 bridgehead atoms. The monoisotopic (exact) mass is 466 g/mol. The third-order valence-corrected chi connectivity index (χ3v) is 4.40. The van der Waals surface area contributed by atoms with Gasteiger partial charge in [-0.2, -0.15) is 0 Å². The Kier molecular flexibility index (Phi) is 26.5. The fourth-order valence-corrected chi connectivity index (χ4v) is 2.41. The maximum Gasteiger partial charge on any atom is 2.00 e. The van der Waals surface area contributed by atoms with Crippen molar-refractivity contribution < 1.29 is 19.8 Å². The molecule has 2 unspecified atom stereocenters. The molecule has 28 heavy (non-hydrogen) atoms. The van der Waals surface area contributed by atoms with Crippen LogP contribution in [0.4, 0.5) is 0 Å². The Labute approximate surface area is 209 Å². The molecule has 0 aliphatic heterocycles. The molecule has 0 amide bonds. The first-order valence-electron chi connectivity index (χ1n) is 10.3. The molecule has 2 atom stereocenters. The van der Waals surface area contributed by atoms with E-state index in [2.05, 4.69) is 32.9 Å². The number of hydrogen-bond donors (Lipinski definition) is 0. The first kappa shape index (κ1) is 32.3. The second kappa shape index (κ2) is 22.9. The van der Waals surface area contributed by atoms with E-state index in [9.17, 15) is 19.8 Å². The van der Waals surface area contributed by atoms with E-state index < -0.39 is 11.9 Å². The Balaban J connectivity index is -0.000000333. The molecule has 0 aliphatic carbocycles. The van der Waals surface area contributed by atoms with E-state index in [0.29, 0.717) is 12.8 Å². The van der Waals surface area contributed by atoms with Crippen LogP contribution < -0.4 is 10.2 Å². The Morgan fingerprint density at radius 2 is 1.14 bits per heavy atom. The SMILES string of the molecule is CCCCC(CC)C(=O)[O-].CCCCC(CC)C(=O)[O-].Cc1ccccc1.[Sr+2]. The zero-order chi connectivity index (χ0) is 21.1. The van der Waals surface area contributed by atoms with Gasteiger partial charge in [-0.3, -0.25) is 0 Å². The molecule has 0 fully saturated rings. The van der Waals surface area contributed by atoms with Crippen molar-refractivity contribution in [2.45, 2.75) is 86.0 Å². The number of aryl methyl sites for hydroxylation is 1. The summed E-state index contributed by atoms with van der Waals surface area (Å²) in [5.41, 5.74) is 1.32. The molecule has 0 aliphatic rings. The van der Waals surface area contributed by atoms with Crippen LogP contribution in [0.1, 0.15) is 84.6 Å². The Morgan fingerprint density at radius 1 is 0.786 bits per heavy atom. The van der Waals surface area contributed by atoms with Crippen molar-refractivity contribution >= 4 is 57.4 Å². The second-order valence-corrected chi connectivity index (χ2v) is 6.79. The van der Waals surface area contributed by atoms with Gasteiger partial charge in [0.05, 0.1) is 0 Å². The normalized spacial score (nSPS) is 11.5. The minimum atomic E-state index is -0.893. The number of aliphatic carboxylic acids is 2.